The van der Waals surface area contributed by atoms with Gasteiger partial charge in [-0.1, -0.05) is 68.3 Å². The SMILES string of the molecule is CCCCCOc1ccc(C2Oc3ccccc3C3CC(c4ccccc4)=NN32)cc1OC. The number of para-hydroxylation sites is 1. The van der Waals surface area contributed by atoms with Crippen LogP contribution in [0.15, 0.2) is 77.9 Å². The number of hydrazone groups is 1. The van der Waals surface area contributed by atoms with Gasteiger partial charge in [-0.3, -0.25) is 0 Å². The predicted molar refractivity (Wildman–Crippen MR) is 130 cm³/mol. The molecule has 2 aliphatic heterocycles. The molecule has 5 nitrogen and oxygen atoms in total. The summed E-state index contributed by atoms with van der Waals surface area (Å²) >= 11 is 0. The Labute approximate surface area is 195 Å². The van der Waals surface area contributed by atoms with Gasteiger partial charge in [-0.05, 0) is 36.2 Å². The molecule has 0 spiro atoms. The van der Waals surface area contributed by atoms with Crippen LogP contribution < -0.4 is 14.2 Å². The fourth-order valence-corrected chi connectivity index (χ4v) is 4.55. The van der Waals surface area contributed by atoms with Gasteiger partial charge in [-0.25, -0.2) is 5.01 Å². The standard InChI is InChI=1S/C28H30N2O3/c1-3-4-10-17-32-26-16-15-21(18-27(26)31-2)28-30-24(22-13-8-9-14-25(22)33-28)19-23(29-30)20-11-6-5-7-12-20/h5-9,11-16,18,24,28H,3-4,10,17,19H2,1-2H3. The maximum Gasteiger partial charge on any atom is 0.214 e. The molecule has 170 valence electrons. The molecule has 0 bridgehead atoms. The smallest absolute Gasteiger partial charge is 0.214 e. The largest absolute Gasteiger partial charge is 0.493 e. The second-order valence-corrected chi connectivity index (χ2v) is 8.49. The number of ether oxygens (including phenoxy) is 3. The van der Waals surface area contributed by atoms with E-state index in [0.29, 0.717) is 6.61 Å². The number of unbranched alkanes of at least 4 members (excludes halogenated alkanes) is 2. The number of benzene rings is 3. The molecule has 0 saturated carbocycles. The highest BCUT2D eigenvalue weighted by Gasteiger charge is 2.41. The summed E-state index contributed by atoms with van der Waals surface area (Å²) in [6.45, 7) is 2.88. The Hall–Kier alpha value is -3.47. The lowest BCUT2D eigenvalue weighted by molar-refractivity contribution is -0.0191. The van der Waals surface area contributed by atoms with Crippen LogP contribution in [-0.2, 0) is 0 Å². The van der Waals surface area contributed by atoms with Crippen molar-refractivity contribution >= 4 is 5.71 Å². The van der Waals surface area contributed by atoms with E-state index in [1.165, 1.54) is 12.0 Å². The molecule has 33 heavy (non-hydrogen) atoms. The zero-order chi connectivity index (χ0) is 22.6. The van der Waals surface area contributed by atoms with Crippen molar-refractivity contribution in [2.45, 2.75) is 44.9 Å². The van der Waals surface area contributed by atoms with E-state index in [9.17, 15) is 0 Å². The molecule has 3 aromatic carbocycles. The van der Waals surface area contributed by atoms with Gasteiger partial charge < -0.3 is 14.2 Å². The number of rotatable bonds is 8. The van der Waals surface area contributed by atoms with E-state index in [1.54, 1.807) is 7.11 Å². The van der Waals surface area contributed by atoms with Crippen molar-refractivity contribution < 1.29 is 14.2 Å². The lowest BCUT2D eigenvalue weighted by Crippen LogP contribution is -2.33. The van der Waals surface area contributed by atoms with Crippen LogP contribution in [-0.4, -0.2) is 24.4 Å². The van der Waals surface area contributed by atoms with Crippen LogP contribution >= 0.6 is 0 Å². The van der Waals surface area contributed by atoms with E-state index in [-0.39, 0.29) is 12.3 Å². The van der Waals surface area contributed by atoms with Gasteiger partial charge in [0.1, 0.15) is 5.75 Å². The summed E-state index contributed by atoms with van der Waals surface area (Å²) in [6.07, 6.45) is 3.87. The first kappa shape index (κ1) is 21.4. The van der Waals surface area contributed by atoms with Gasteiger partial charge in [-0.2, -0.15) is 5.10 Å². The number of hydrogen-bond donors (Lipinski definition) is 0. The Morgan fingerprint density at radius 3 is 2.61 bits per heavy atom. The lowest BCUT2D eigenvalue weighted by atomic mass is 9.96. The highest BCUT2D eigenvalue weighted by molar-refractivity contribution is 6.01. The van der Waals surface area contributed by atoms with Gasteiger partial charge in [0, 0.05) is 17.5 Å². The molecule has 2 aliphatic rings. The fourth-order valence-electron chi connectivity index (χ4n) is 4.55. The zero-order valence-corrected chi connectivity index (χ0v) is 19.2. The first-order valence-electron chi connectivity index (χ1n) is 11.8. The lowest BCUT2D eigenvalue weighted by Gasteiger charge is -2.38. The fraction of sp³-hybridized carbons (Fsp3) is 0.321. The molecule has 0 aromatic heterocycles. The maximum atomic E-state index is 6.49. The van der Waals surface area contributed by atoms with Crippen molar-refractivity contribution in [3.05, 3.63) is 89.5 Å². The van der Waals surface area contributed by atoms with Gasteiger partial charge in [0.25, 0.3) is 0 Å². The predicted octanol–water partition coefficient (Wildman–Crippen LogP) is 6.51. The summed E-state index contributed by atoms with van der Waals surface area (Å²) in [5.41, 5.74) is 4.39. The molecule has 2 heterocycles. The molecular formula is C28H30N2O3. The van der Waals surface area contributed by atoms with Crippen molar-refractivity contribution in [2.24, 2.45) is 5.10 Å². The van der Waals surface area contributed by atoms with Crippen molar-refractivity contribution in [1.82, 2.24) is 5.01 Å². The molecule has 0 fully saturated rings. The summed E-state index contributed by atoms with van der Waals surface area (Å²) in [5, 5.41) is 7.14. The minimum Gasteiger partial charge on any atom is -0.493 e. The Morgan fingerprint density at radius 2 is 1.79 bits per heavy atom. The van der Waals surface area contributed by atoms with E-state index in [0.717, 1.165) is 53.3 Å². The second-order valence-electron chi connectivity index (χ2n) is 8.49. The van der Waals surface area contributed by atoms with Gasteiger partial charge in [-0.15, -0.1) is 0 Å². The minimum absolute atomic E-state index is 0.131. The number of nitrogens with zero attached hydrogens (tertiary/aromatic N) is 2. The molecule has 0 amide bonds. The Balaban J connectivity index is 1.47. The topological polar surface area (TPSA) is 43.3 Å². The van der Waals surface area contributed by atoms with Gasteiger partial charge in [0.2, 0.25) is 6.23 Å². The third kappa shape index (κ3) is 4.28. The summed E-state index contributed by atoms with van der Waals surface area (Å²) in [4.78, 5) is 0. The second kappa shape index (κ2) is 9.57. The summed E-state index contributed by atoms with van der Waals surface area (Å²) in [7, 11) is 1.68. The van der Waals surface area contributed by atoms with Crippen LogP contribution in [0.4, 0.5) is 0 Å². The molecule has 0 aliphatic carbocycles. The van der Waals surface area contributed by atoms with Gasteiger partial charge >= 0.3 is 0 Å². The summed E-state index contributed by atoms with van der Waals surface area (Å²) < 4.78 is 18.1. The van der Waals surface area contributed by atoms with Crippen molar-refractivity contribution in [3.8, 4) is 17.2 Å². The summed E-state index contributed by atoms with van der Waals surface area (Å²) in [6, 6.07) is 24.8. The van der Waals surface area contributed by atoms with Gasteiger partial charge in [0.05, 0.1) is 25.5 Å². The molecule has 5 rings (SSSR count). The van der Waals surface area contributed by atoms with Crippen molar-refractivity contribution in [3.63, 3.8) is 0 Å². The van der Waals surface area contributed by atoms with Crippen LogP contribution in [0.25, 0.3) is 0 Å². The normalized spacial score (nSPS) is 18.7. The number of hydrogen-bond acceptors (Lipinski definition) is 5. The van der Waals surface area contributed by atoms with Gasteiger partial charge in [0.15, 0.2) is 11.5 Å². The number of methoxy groups -OCH3 is 1. The molecule has 0 saturated heterocycles. The molecular weight excluding hydrogens is 412 g/mol. The molecule has 2 unspecified atom stereocenters. The van der Waals surface area contributed by atoms with Crippen LogP contribution in [0.3, 0.4) is 0 Å². The van der Waals surface area contributed by atoms with Crippen molar-refractivity contribution in [1.29, 1.82) is 0 Å². The average molecular weight is 443 g/mol. The Bertz CT molecular complexity index is 1130. The quantitative estimate of drug-likeness (QED) is 0.373. The van der Waals surface area contributed by atoms with Crippen LogP contribution in [0.1, 0.15) is 61.6 Å². The maximum absolute atomic E-state index is 6.49. The third-order valence-electron chi connectivity index (χ3n) is 6.28. The first-order chi connectivity index (χ1) is 16.3. The summed E-state index contributed by atoms with van der Waals surface area (Å²) in [5.74, 6) is 2.39. The minimum atomic E-state index is -0.339. The molecule has 2 atom stereocenters. The van der Waals surface area contributed by atoms with Crippen LogP contribution in [0.2, 0.25) is 0 Å². The van der Waals surface area contributed by atoms with E-state index >= 15 is 0 Å². The molecule has 0 N–H and O–H groups in total. The van der Waals surface area contributed by atoms with E-state index in [1.807, 2.05) is 30.3 Å². The van der Waals surface area contributed by atoms with E-state index in [4.69, 9.17) is 19.3 Å². The van der Waals surface area contributed by atoms with E-state index < -0.39 is 0 Å². The molecule has 5 heteroatoms. The first-order valence-corrected chi connectivity index (χ1v) is 11.8. The zero-order valence-electron chi connectivity index (χ0n) is 19.2. The van der Waals surface area contributed by atoms with Crippen LogP contribution in [0.5, 0.6) is 17.2 Å². The molecule has 3 aromatic rings. The molecule has 0 radical (unpaired) electrons. The highest BCUT2D eigenvalue weighted by atomic mass is 16.5. The highest BCUT2D eigenvalue weighted by Crippen LogP contribution is 2.48. The van der Waals surface area contributed by atoms with E-state index in [2.05, 4.69) is 54.4 Å². The van der Waals surface area contributed by atoms with Crippen molar-refractivity contribution in [2.75, 3.05) is 13.7 Å². The number of fused-ring (bicyclic) bond motifs is 3. The Kier molecular flexibility index (Phi) is 6.20. The third-order valence-corrected chi connectivity index (χ3v) is 6.28. The van der Waals surface area contributed by atoms with Crippen LogP contribution in [0, 0.1) is 0 Å². The average Bonchev–Trinajstić information content (AvgIpc) is 3.33. The Morgan fingerprint density at radius 1 is 0.970 bits per heavy atom. The monoisotopic (exact) mass is 442 g/mol.